The van der Waals surface area contributed by atoms with Crippen LogP contribution in [0.25, 0.3) is 0 Å². The summed E-state index contributed by atoms with van der Waals surface area (Å²) in [4.78, 5) is 11.2. The minimum atomic E-state index is -1.95. The first-order chi connectivity index (χ1) is 6.31. The third kappa shape index (κ3) is 1.45. The molecule has 0 aromatic carbocycles. The number of ether oxygens (including phenoxy) is 1. The molecule has 1 heterocycles. The monoisotopic (exact) mass is 205 g/mol. The summed E-state index contributed by atoms with van der Waals surface area (Å²) >= 11 is 0. The molecule has 0 saturated carbocycles. The van der Waals surface area contributed by atoms with Gasteiger partial charge in [-0.1, -0.05) is 0 Å². The number of Topliss-reactive ketones (excluding diaryl/α,β-unsaturated/α-hetero) is 1. The Bertz CT molecular complexity index is 246. The molecule has 1 unspecified atom stereocenters. The van der Waals surface area contributed by atoms with Crippen LogP contribution in [0.4, 0.5) is 0 Å². The molecule has 0 aromatic heterocycles. The van der Waals surface area contributed by atoms with E-state index >= 15 is 0 Å². The van der Waals surface area contributed by atoms with Gasteiger partial charge in [-0.2, -0.15) is 0 Å². The lowest BCUT2D eigenvalue weighted by Gasteiger charge is -2.44. The normalized spacial score (nSPS) is 49.0. The van der Waals surface area contributed by atoms with Crippen molar-refractivity contribution in [3.63, 3.8) is 0 Å². The number of ketones is 1. The fourth-order valence-corrected chi connectivity index (χ4v) is 1.46. The maximum absolute atomic E-state index is 11.2. The van der Waals surface area contributed by atoms with Gasteiger partial charge in [0.15, 0.2) is 17.6 Å². The van der Waals surface area contributed by atoms with E-state index in [1.54, 1.807) is 0 Å². The molecular formula is C8H15NO5. The van der Waals surface area contributed by atoms with E-state index in [1.165, 1.54) is 6.92 Å². The summed E-state index contributed by atoms with van der Waals surface area (Å²) in [5, 5.41) is 28.4. The zero-order chi connectivity index (χ0) is 11.1. The van der Waals surface area contributed by atoms with Gasteiger partial charge in [0.1, 0.15) is 12.2 Å². The average Bonchev–Trinajstić information content (AvgIpc) is 2.11. The molecule has 0 radical (unpaired) electrons. The van der Waals surface area contributed by atoms with Crippen LogP contribution in [0.15, 0.2) is 0 Å². The largest absolute Gasteiger partial charge is 0.388 e. The summed E-state index contributed by atoms with van der Waals surface area (Å²) in [6.07, 6.45) is -5.18. The predicted molar refractivity (Wildman–Crippen MR) is 46.2 cm³/mol. The number of carbonyl (C=O) groups excluding carboxylic acids is 1. The molecule has 6 heteroatoms. The van der Waals surface area contributed by atoms with Crippen molar-refractivity contribution < 1.29 is 24.9 Å². The van der Waals surface area contributed by atoms with Gasteiger partial charge in [0.25, 0.3) is 0 Å². The van der Waals surface area contributed by atoms with Gasteiger partial charge in [-0.3, -0.25) is 4.79 Å². The number of nitrogens with two attached hydrogens (primary N) is 1. The molecule has 1 saturated heterocycles. The van der Waals surface area contributed by atoms with E-state index in [4.69, 9.17) is 10.5 Å². The highest BCUT2D eigenvalue weighted by atomic mass is 16.6. The topological polar surface area (TPSA) is 113 Å². The van der Waals surface area contributed by atoms with Crippen molar-refractivity contribution in [2.24, 2.45) is 5.73 Å². The van der Waals surface area contributed by atoms with Crippen LogP contribution in [0.3, 0.4) is 0 Å². The molecule has 0 aromatic rings. The highest BCUT2D eigenvalue weighted by Crippen LogP contribution is 2.27. The highest BCUT2D eigenvalue weighted by molar-refractivity contribution is 5.87. The molecule has 82 valence electrons. The summed E-state index contributed by atoms with van der Waals surface area (Å²) in [5.41, 5.74) is 3.55. The SMILES string of the molecule is CC(=O)[C@]1(N)C(O)O[C@H](C)[C@H](O)[C@@H]1O. The molecule has 1 rings (SSSR count). The number of hydrogen-bond donors (Lipinski definition) is 4. The molecule has 0 bridgehead atoms. The van der Waals surface area contributed by atoms with Crippen LogP contribution in [0.5, 0.6) is 0 Å². The lowest BCUT2D eigenvalue weighted by molar-refractivity contribution is -0.260. The predicted octanol–water partition coefficient (Wildman–Crippen LogP) is -2.27. The summed E-state index contributed by atoms with van der Waals surface area (Å²) < 4.78 is 4.85. The molecule has 5 N–H and O–H groups in total. The summed E-state index contributed by atoms with van der Waals surface area (Å²) in [6, 6.07) is 0. The third-order valence-corrected chi connectivity index (χ3v) is 2.66. The Morgan fingerprint density at radius 3 is 2.36 bits per heavy atom. The van der Waals surface area contributed by atoms with Crippen molar-refractivity contribution in [3.8, 4) is 0 Å². The first-order valence-corrected chi connectivity index (χ1v) is 4.31. The third-order valence-electron chi connectivity index (χ3n) is 2.66. The zero-order valence-corrected chi connectivity index (χ0v) is 8.04. The smallest absolute Gasteiger partial charge is 0.183 e. The molecule has 1 fully saturated rings. The van der Waals surface area contributed by atoms with E-state index in [0.717, 1.165) is 6.92 Å². The Morgan fingerprint density at radius 1 is 1.43 bits per heavy atom. The molecule has 0 aliphatic carbocycles. The van der Waals surface area contributed by atoms with Crippen LogP contribution < -0.4 is 5.73 Å². The Balaban J connectivity index is 3.00. The van der Waals surface area contributed by atoms with Gasteiger partial charge in [-0.25, -0.2) is 0 Å². The molecule has 14 heavy (non-hydrogen) atoms. The summed E-state index contributed by atoms with van der Waals surface area (Å²) in [6.45, 7) is 2.59. The first kappa shape index (κ1) is 11.5. The van der Waals surface area contributed by atoms with Crippen LogP contribution in [0, 0.1) is 0 Å². The van der Waals surface area contributed by atoms with Crippen molar-refractivity contribution in [2.75, 3.05) is 0 Å². The Morgan fingerprint density at radius 2 is 1.93 bits per heavy atom. The van der Waals surface area contributed by atoms with E-state index in [0.29, 0.717) is 0 Å². The molecule has 1 aliphatic heterocycles. The lowest BCUT2D eigenvalue weighted by atomic mass is 9.81. The van der Waals surface area contributed by atoms with Crippen molar-refractivity contribution in [3.05, 3.63) is 0 Å². The number of aliphatic hydroxyl groups is 3. The van der Waals surface area contributed by atoms with E-state index in [-0.39, 0.29) is 0 Å². The molecule has 6 nitrogen and oxygen atoms in total. The van der Waals surface area contributed by atoms with Gasteiger partial charge in [0.05, 0.1) is 6.10 Å². The molecule has 0 amide bonds. The van der Waals surface area contributed by atoms with Gasteiger partial charge in [0, 0.05) is 0 Å². The van der Waals surface area contributed by atoms with Crippen molar-refractivity contribution in [1.82, 2.24) is 0 Å². The average molecular weight is 205 g/mol. The minimum absolute atomic E-state index is 0.636. The van der Waals surface area contributed by atoms with Gasteiger partial charge < -0.3 is 25.8 Å². The number of hydrogen-bond acceptors (Lipinski definition) is 6. The number of carbonyl (C=O) groups is 1. The fraction of sp³-hybridized carbons (Fsp3) is 0.875. The van der Waals surface area contributed by atoms with Gasteiger partial charge in [0.2, 0.25) is 0 Å². The fourth-order valence-electron chi connectivity index (χ4n) is 1.46. The van der Waals surface area contributed by atoms with E-state index < -0.39 is 35.9 Å². The van der Waals surface area contributed by atoms with Gasteiger partial charge >= 0.3 is 0 Å². The standard InChI is InChI=1S/C8H15NO5/c1-3-5(11)6(12)8(9,4(2)10)7(13)14-3/h3,5-7,11-13H,9H2,1-2H3/t3-,5+,6+,7?,8-/m1/s1. The Kier molecular flexibility index (Phi) is 2.93. The number of rotatable bonds is 1. The second kappa shape index (κ2) is 3.56. The molecule has 1 aliphatic rings. The Hall–Kier alpha value is -0.530. The zero-order valence-electron chi connectivity index (χ0n) is 8.04. The van der Waals surface area contributed by atoms with Crippen LogP contribution in [0.2, 0.25) is 0 Å². The quantitative estimate of drug-likeness (QED) is 0.384. The van der Waals surface area contributed by atoms with Gasteiger partial charge in [-0.05, 0) is 13.8 Å². The Labute approximate surface area is 81.3 Å². The second-order valence-corrected chi connectivity index (χ2v) is 3.62. The summed E-state index contributed by atoms with van der Waals surface area (Å²) in [7, 11) is 0. The van der Waals surface area contributed by atoms with E-state index in [9.17, 15) is 20.1 Å². The van der Waals surface area contributed by atoms with Crippen LogP contribution >= 0.6 is 0 Å². The maximum Gasteiger partial charge on any atom is 0.183 e. The van der Waals surface area contributed by atoms with Crippen LogP contribution in [0.1, 0.15) is 13.8 Å². The number of aliphatic hydroxyl groups excluding tert-OH is 3. The van der Waals surface area contributed by atoms with Crippen LogP contribution in [-0.2, 0) is 9.53 Å². The van der Waals surface area contributed by atoms with Crippen molar-refractivity contribution >= 4 is 5.78 Å². The molecule has 5 atom stereocenters. The van der Waals surface area contributed by atoms with E-state index in [1.807, 2.05) is 0 Å². The van der Waals surface area contributed by atoms with Crippen LogP contribution in [-0.4, -0.2) is 51.2 Å². The highest BCUT2D eigenvalue weighted by Gasteiger charge is 2.54. The minimum Gasteiger partial charge on any atom is -0.388 e. The molecule has 0 spiro atoms. The second-order valence-electron chi connectivity index (χ2n) is 3.62. The summed E-state index contributed by atoms with van der Waals surface area (Å²) in [5.74, 6) is -0.636. The van der Waals surface area contributed by atoms with E-state index in [2.05, 4.69) is 0 Å². The van der Waals surface area contributed by atoms with Gasteiger partial charge in [-0.15, -0.1) is 0 Å². The molecular weight excluding hydrogens is 190 g/mol. The van der Waals surface area contributed by atoms with Crippen molar-refractivity contribution in [1.29, 1.82) is 0 Å². The lowest BCUT2D eigenvalue weighted by Crippen LogP contribution is -2.73. The first-order valence-electron chi connectivity index (χ1n) is 4.31. The van der Waals surface area contributed by atoms with Crippen molar-refractivity contribution in [2.45, 2.75) is 44.0 Å². The maximum atomic E-state index is 11.2.